The second-order valence-electron chi connectivity index (χ2n) is 5.21. The van der Waals surface area contributed by atoms with Crippen LogP contribution in [0.4, 0.5) is 11.4 Å². The zero-order chi connectivity index (χ0) is 14.8. The van der Waals surface area contributed by atoms with Crippen molar-refractivity contribution in [2.24, 2.45) is 0 Å². The number of amides is 1. The maximum absolute atomic E-state index is 12.5. The highest BCUT2D eigenvalue weighted by molar-refractivity contribution is 14.1. The van der Waals surface area contributed by atoms with Crippen molar-refractivity contribution < 1.29 is 4.79 Å². The lowest BCUT2D eigenvalue weighted by atomic mass is 9.83. The van der Waals surface area contributed by atoms with Crippen molar-refractivity contribution in [3.63, 3.8) is 0 Å². The van der Waals surface area contributed by atoms with Crippen LogP contribution >= 0.6 is 22.6 Å². The number of nitrogen functional groups attached to an aromatic ring is 1. The summed E-state index contributed by atoms with van der Waals surface area (Å²) >= 11 is 2.22. The minimum atomic E-state index is -0.616. The lowest BCUT2D eigenvalue weighted by Crippen LogP contribution is -2.34. The van der Waals surface area contributed by atoms with Gasteiger partial charge in [-0.05, 0) is 72.3 Å². The van der Waals surface area contributed by atoms with Crippen molar-refractivity contribution in [3.05, 3.63) is 57.7 Å². The fourth-order valence-corrected chi connectivity index (χ4v) is 2.43. The molecule has 0 unspecified atom stereocenters. The molecule has 3 N–H and O–H groups in total. The highest BCUT2D eigenvalue weighted by Crippen LogP contribution is 2.26. The molecule has 0 spiro atoms. The predicted octanol–water partition coefficient (Wildman–Crippen LogP) is 3.79. The van der Waals surface area contributed by atoms with E-state index in [9.17, 15) is 4.79 Å². The van der Waals surface area contributed by atoms with Crippen molar-refractivity contribution in [2.75, 3.05) is 11.1 Å². The van der Waals surface area contributed by atoms with E-state index in [2.05, 4.69) is 27.9 Å². The zero-order valence-corrected chi connectivity index (χ0v) is 13.6. The summed E-state index contributed by atoms with van der Waals surface area (Å²) in [5, 5.41) is 2.96. The van der Waals surface area contributed by atoms with Gasteiger partial charge in [-0.2, -0.15) is 0 Å². The first kappa shape index (κ1) is 14.8. The number of nitrogens with two attached hydrogens (primary N) is 1. The number of hydrogen-bond donors (Lipinski definition) is 2. The third-order valence-corrected chi connectivity index (χ3v) is 3.95. The highest BCUT2D eigenvalue weighted by atomic mass is 127. The van der Waals surface area contributed by atoms with E-state index in [1.165, 1.54) is 0 Å². The number of nitrogens with one attached hydrogen (secondary N) is 1. The number of hydrogen-bond acceptors (Lipinski definition) is 2. The Morgan fingerprint density at radius 1 is 1.15 bits per heavy atom. The van der Waals surface area contributed by atoms with Crippen molar-refractivity contribution >= 4 is 39.9 Å². The summed E-state index contributed by atoms with van der Waals surface area (Å²) < 4.78 is 1.09. The summed E-state index contributed by atoms with van der Waals surface area (Å²) in [6.07, 6.45) is 0. The van der Waals surface area contributed by atoms with E-state index < -0.39 is 5.41 Å². The molecule has 0 heterocycles. The van der Waals surface area contributed by atoms with Gasteiger partial charge in [-0.3, -0.25) is 4.79 Å². The molecular weight excluding hydrogens is 363 g/mol. The fraction of sp³-hybridized carbons (Fsp3) is 0.188. The van der Waals surface area contributed by atoms with Crippen LogP contribution in [0, 0.1) is 3.57 Å². The summed E-state index contributed by atoms with van der Waals surface area (Å²) in [6, 6.07) is 15.2. The Morgan fingerprint density at radius 2 is 1.80 bits per heavy atom. The van der Waals surface area contributed by atoms with Gasteiger partial charge in [0.2, 0.25) is 5.91 Å². The molecule has 0 fully saturated rings. The molecule has 1 amide bonds. The maximum Gasteiger partial charge on any atom is 0.234 e. The van der Waals surface area contributed by atoms with Crippen LogP contribution < -0.4 is 11.1 Å². The van der Waals surface area contributed by atoms with Crippen LogP contribution in [0.15, 0.2) is 48.5 Å². The molecule has 2 aromatic carbocycles. The second-order valence-corrected chi connectivity index (χ2v) is 6.46. The molecule has 0 radical (unpaired) electrons. The SMILES string of the molecule is CC(C)(C(=O)Nc1cccc(I)c1)c1ccc(N)cc1. The maximum atomic E-state index is 12.5. The first-order chi connectivity index (χ1) is 9.39. The minimum absolute atomic E-state index is 0.0377. The first-order valence-electron chi connectivity index (χ1n) is 6.32. The second kappa shape index (κ2) is 5.83. The average Bonchev–Trinajstić information content (AvgIpc) is 2.39. The van der Waals surface area contributed by atoms with E-state index in [0.29, 0.717) is 5.69 Å². The molecule has 0 aliphatic carbocycles. The smallest absolute Gasteiger partial charge is 0.234 e. The Morgan fingerprint density at radius 3 is 2.40 bits per heavy atom. The first-order valence-corrected chi connectivity index (χ1v) is 7.40. The molecule has 0 saturated heterocycles. The van der Waals surface area contributed by atoms with E-state index in [0.717, 1.165) is 14.8 Å². The molecule has 104 valence electrons. The van der Waals surface area contributed by atoms with Gasteiger partial charge in [-0.15, -0.1) is 0 Å². The Hall–Kier alpha value is -1.56. The van der Waals surface area contributed by atoms with Crippen molar-refractivity contribution in [1.29, 1.82) is 0 Å². The summed E-state index contributed by atoms with van der Waals surface area (Å²) in [4.78, 5) is 12.5. The van der Waals surface area contributed by atoms with E-state index in [1.54, 1.807) is 0 Å². The molecule has 0 aromatic heterocycles. The van der Waals surface area contributed by atoms with Crippen LogP contribution in [0.3, 0.4) is 0 Å². The van der Waals surface area contributed by atoms with Crippen molar-refractivity contribution in [3.8, 4) is 0 Å². The highest BCUT2D eigenvalue weighted by Gasteiger charge is 2.29. The fourth-order valence-electron chi connectivity index (χ4n) is 1.88. The molecule has 0 saturated carbocycles. The summed E-state index contributed by atoms with van der Waals surface area (Å²) in [5.41, 5.74) is 7.52. The summed E-state index contributed by atoms with van der Waals surface area (Å²) in [5.74, 6) is -0.0377. The molecule has 20 heavy (non-hydrogen) atoms. The molecule has 4 heteroatoms. The van der Waals surface area contributed by atoms with Gasteiger partial charge >= 0.3 is 0 Å². The largest absolute Gasteiger partial charge is 0.399 e. The van der Waals surface area contributed by atoms with Crippen LogP contribution in [0.1, 0.15) is 19.4 Å². The number of benzene rings is 2. The quantitative estimate of drug-likeness (QED) is 0.629. The lowest BCUT2D eigenvalue weighted by molar-refractivity contribution is -0.120. The molecule has 0 aliphatic heterocycles. The van der Waals surface area contributed by atoms with Crippen molar-refractivity contribution in [2.45, 2.75) is 19.3 Å². The average molecular weight is 380 g/mol. The molecular formula is C16H17IN2O. The van der Waals surface area contributed by atoms with Gasteiger partial charge in [0.15, 0.2) is 0 Å². The van der Waals surface area contributed by atoms with Crippen molar-refractivity contribution in [1.82, 2.24) is 0 Å². The molecule has 3 nitrogen and oxygen atoms in total. The van der Waals surface area contributed by atoms with E-state index in [4.69, 9.17) is 5.73 Å². The minimum Gasteiger partial charge on any atom is -0.399 e. The lowest BCUT2D eigenvalue weighted by Gasteiger charge is -2.24. The van der Waals surface area contributed by atoms with Gasteiger partial charge in [-0.25, -0.2) is 0 Å². The van der Waals surface area contributed by atoms with Gasteiger partial charge in [0.1, 0.15) is 0 Å². The predicted molar refractivity (Wildman–Crippen MR) is 91.7 cm³/mol. The van der Waals surface area contributed by atoms with Crippen LogP contribution in [0.25, 0.3) is 0 Å². The van der Waals surface area contributed by atoms with Gasteiger partial charge < -0.3 is 11.1 Å². The molecule has 0 bridgehead atoms. The number of anilines is 2. The molecule has 0 atom stereocenters. The van der Waals surface area contributed by atoms with Crippen LogP contribution in [0.2, 0.25) is 0 Å². The number of halogens is 1. The monoisotopic (exact) mass is 380 g/mol. The Labute approximate surface area is 132 Å². The van der Waals surface area contributed by atoms with Crippen LogP contribution in [0.5, 0.6) is 0 Å². The van der Waals surface area contributed by atoms with Crippen LogP contribution in [-0.4, -0.2) is 5.91 Å². The number of rotatable bonds is 3. The topological polar surface area (TPSA) is 55.1 Å². The van der Waals surface area contributed by atoms with Gasteiger partial charge in [0.25, 0.3) is 0 Å². The summed E-state index contributed by atoms with van der Waals surface area (Å²) in [7, 11) is 0. The van der Waals surface area contributed by atoms with E-state index in [-0.39, 0.29) is 5.91 Å². The van der Waals surface area contributed by atoms with E-state index >= 15 is 0 Å². The van der Waals surface area contributed by atoms with Gasteiger partial charge in [-0.1, -0.05) is 18.2 Å². The number of carbonyl (C=O) groups excluding carboxylic acids is 1. The summed E-state index contributed by atoms with van der Waals surface area (Å²) in [6.45, 7) is 3.81. The van der Waals surface area contributed by atoms with Gasteiger partial charge in [0.05, 0.1) is 5.41 Å². The normalized spacial score (nSPS) is 11.2. The van der Waals surface area contributed by atoms with Gasteiger partial charge in [0, 0.05) is 14.9 Å². The molecule has 0 aliphatic rings. The van der Waals surface area contributed by atoms with Crippen LogP contribution in [-0.2, 0) is 10.2 Å². The standard InChI is InChI=1S/C16H17IN2O/c1-16(2,11-6-8-13(18)9-7-11)15(20)19-14-5-3-4-12(17)10-14/h3-10H,18H2,1-2H3,(H,19,20). The Kier molecular flexibility index (Phi) is 4.32. The number of carbonyl (C=O) groups is 1. The Balaban J connectivity index is 2.21. The Bertz CT molecular complexity index is 621. The third-order valence-electron chi connectivity index (χ3n) is 3.28. The third kappa shape index (κ3) is 3.30. The zero-order valence-electron chi connectivity index (χ0n) is 11.5. The van der Waals surface area contributed by atoms with E-state index in [1.807, 2.05) is 62.4 Å². The molecule has 2 aromatic rings. The molecule has 2 rings (SSSR count).